The first-order valence-corrected chi connectivity index (χ1v) is 5.13. The Balaban J connectivity index is 0.00000144. The van der Waals surface area contributed by atoms with E-state index in [4.69, 9.17) is 4.74 Å². The molecule has 2 aromatic rings. The van der Waals surface area contributed by atoms with E-state index in [9.17, 15) is 5.11 Å². The summed E-state index contributed by atoms with van der Waals surface area (Å²) in [5.74, 6) is 0.748. The first-order chi connectivity index (χ1) is 7.86. The second-order valence-electron chi connectivity index (χ2n) is 3.39. The van der Waals surface area contributed by atoms with Gasteiger partial charge < -0.3 is 9.84 Å². The van der Waals surface area contributed by atoms with Gasteiger partial charge in [0.15, 0.2) is 0 Å². The number of ether oxygens (including phenoxy) is 1. The number of halogens is 1. The number of nitrogens with zero attached hydrogens (tertiary/aromatic N) is 1. The quantitative estimate of drug-likeness (QED) is 0.908. The van der Waals surface area contributed by atoms with E-state index in [1.807, 2.05) is 42.5 Å². The lowest BCUT2D eigenvalue weighted by Crippen LogP contribution is -2.10. The summed E-state index contributed by atoms with van der Waals surface area (Å²) >= 11 is 0. The van der Waals surface area contributed by atoms with Crippen molar-refractivity contribution in [3.8, 4) is 5.75 Å². The van der Waals surface area contributed by atoms with Crippen LogP contribution in [0.2, 0.25) is 0 Å². The van der Waals surface area contributed by atoms with Crippen LogP contribution in [0.1, 0.15) is 11.8 Å². The third kappa shape index (κ3) is 4.06. The Morgan fingerprint density at radius 2 is 1.76 bits per heavy atom. The van der Waals surface area contributed by atoms with Crippen molar-refractivity contribution < 1.29 is 9.84 Å². The Morgan fingerprint density at radius 3 is 2.41 bits per heavy atom. The maximum atomic E-state index is 9.79. The van der Waals surface area contributed by atoms with Gasteiger partial charge >= 0.3 is 0 Å². The average Bonchev–Trinajstić information content (AvgIpc) is 2.38. The molecule has 1 unspecified atom stereocenters. The van der Waals surface area contributed by atoms with Gasteiger partial charge in [-0.25, -0.2) is 0 Å². The number of hydrogen-bond donors (Lipinski definition) is 1. The monoisotopic (exact) mass is 251 g/mol. The Kier molecular flexibility index (Phi) is 5.46. The van der Waals surface area contributed by atoms with E-state index in [0.717, 1.165) is 5.75 Å². The van der Waals surface area contributed by atoms with Crippen LogP contribution in [-0.4, -0.2) is 16.7 Å². The number of aliphatic hydroxyl groups excluding tert-OH is 1. The molecule has 1 N–H and O–H groups in total. The molecule has 0 aliphatic rings. The van der Waals surface area contributed by atoms with Gasteiger partial charge in [0.25, 0.3) is 0 Å². The van der Waals surface area contributed by atoms with Crippen LogP contribution in [-0.2, 0) is 0 Å². The second-order valence-corrected chi connectivity index (χ2v) is 3.39. The standard InChI is InChI=1S/C13H13NO2.ClH/c15-13(12-8-4-5-9-14-12)10-16-11-6-2-1-3-7-11;/h1-9,13,15H,10H2;1H. The maximum Gasteiger partial charge on any atom is 0.130 e. The van der Waals surface area contributed by atoms with E-state index in [0.29, 0.717) is 5.69 Å². The zero-order valence-corrected chi connectivity index (χ0v) is 10.0. The van der Waals surface area contributed by atoms with E-state index >= 15 is 0 Å². The van der Waals surface area contributed by atoms with E-state index in [2.05, 4.69) is 4.98 Å². The Morgan fingerprint density at radius 1 is 1.06 bits per heavy atom. The molecule has 0 fully saturated rings. The molecule has 0 saturated carbocycles. The molecular formula is C13H14ClNO2. The topological polar surface area (TPSA) is 42.4 Å². The fourth-order valence-corrected chi connectivity index (χ4v) is 1.35. The fraction of sp³-hybridized carbons (Fsp3) is 0.154. The molecule has 1 heterocycles. The molecule has 0 amide bonds. The fourth-order valence-electron chi connectivity index (χ4n) is 1.35. The van der Waals surface area contributed by atoms with Crippen LogP contribution in [0.15, 0.2) is 54.7 Å². The molecule has 1 aromatic carbocycles. The first kappa shape index (κ1) is 13.5. The number of aliphatic hydroxyl groups is 1. The third-order valence-electron chi connectivity index (χ3n) is 2.18. The Labute approximate surface area is 106 Å². The highest BCUT2D eigenvalue weighted by Gasteiger charge is 2.08. The zero-order chi connectivity index (χ0) is 11.2. The van der Waals surface area contributed by atoms with Crippen molar-refractivity contribution in [1.29, 1.82) is 0 Å². The van der Waals surface area contributed by atoms with Crippen LogP contribution in [0.3, 0.4) is 0 Å². The molecule has 0 aliphatic carbocycles. The highest BCUT2D eigenvalue weighted by Crippen LogP contribution is 2.13. The van der Waals surface area contributed by atoms with Crippen molar-refractivity contribution >= 4 is 12.4 Å². The maximum absolute atomic E-state index is 9.79. The van der Waals surface area contributed by atoms with E-state index in [1.165, 1.54) is 0 Å². The lowest BCUT2D eigenvalue weighted by molar-refractivity contribution is 0.104. The number of pyridine rings is 1. The lowest BCUT2D eigenvalue weighted by Gasteiger charge is -2.11. The lowest BCUT2D eigenvalue weighted by atomic mass is 10.2. The van der Waals surface area contributed by atoms with Crippen molar-refractivity contribution in [3.05, 3.63) is 60.4 Å². The van der Waals surface area contributed by atoms with Crippen LogP contribution in [0.5, 0.6) is 5.75 Å². The van der Waals surface area contributed by atoms with Crippen LogP contribution >= 0.6 is 12.4 Å². The molecule has 2 rings (SSSR count). The third-order valence-corrected chi connectivity index (χ3v) is 2.18. The summed E-state index contributed by atoms with van der Waals surface area (Å²) in [6.07, 6.45) is 0.961. The van der Waals surface area contributed by atoms with Crippen molar-refractivity contribution in [2.24, 2.45) is 0 Å². The number of para-hydroxylation sites is 1. The minimum absolute atomic E-state index is 0. The Hall–Kier alpha value is -1.58. The SMILES string of the molecule is Cl.OC(COc1ccccc1)c1ccccn1. The predicted molar refractivity (Wildman–Crippen MR) is 68.4 cm³/mol. The minimum atomic E-state index is -0.693. The van der Waals surface area contributed by atoms with Crippen molar-refractivity contribution in [2.75, 3.05) is 6.61 Å². The van der Waals surface area contributed by atoms with Gasteiger partial charge in [0.1, 0.15) is 18.5 Å². The summed E-state index contributed by atoms with van der Waals surface area (Å²) in [6.45, 7) is 0.209. The van der Waals surface area contributed by atoms with Crippen LogP contribution < -0.4 is 4.74 Å². The highest BCUT2D eigenvalue weighted by atomic mass is 35.5. The van der Waals surface area contributed by atoms with Crippen molar-refractivity contribution in [2.45, 2.75) is 6.10 Å². The van der Waals surface area contributed by atoms with Gasteiger partial charge in [0, 0.05) is 6.20 Å². The van der Waals surface area contributed by atoms with Gasteiger partial charge in [0.05, 0.1) is 5.69 Å². The summed E-state index contributed by atoms with van der Waals surface area (Å²) in [5, 5.41) is 9.79. The number of rotatable bonds is 4. The molecule has 0 radical (unpaired) electrons. The number of benzene rings is 1. The summed E-state index contributed by atoms with van der Waals surface area (Å²) in [4.78, 5) is 4.06. The molecule has 17 heavy (non-hydrogen) atoms. The van der Waals surface area contributed by atoms with Crippen LogP contribution in [0, 0.1) is 0 Å². The summed E-state index contributed by atoms with van der Waals surface area (Å²) in [7, 11) is 0. The summed E-state index contributed by atoms with van der Waals surface area (Å²) in [6, 6.07) is 14.8. The summed E-state index contributed by atoms with van der Waals surface area (Å²) in [5.41, 5.74) is 0.624. The molecule has 90 valence electrons. The van der Waals surface area contributed by atoms with Gasteiger partial charge in [-0.15, -0.1) is 12.4 Å². The minimum Gasteiger partial charge on any atom is -0.490 e. The first-order valence-electron chi connectivity index (χ1n) is 5.13. The average molecular weight is 252 g/mol. The Bertz CT molecular complexity index is 422. The van der Waals surface area contributed by atoms with Crippen LogP contribution in [0.4, 0.5) is 0 Å². The summed E-state index contributed by atoms with van der Waals surface area (Å²) < 4.78 is 5.43. The predicted octanol–water partition coefficient (Wildman–Crippen LogP) is 2.62. The van der Waals surface area contributed by atoms with Crippen molar-refractivity contribution in [3.63, 3.8) is 0 Å². The highest BCUT2D eigenvalue weighted by molar-refractivity contribution is 5.85. The van der Waals surface area contributed by atoms with Gasteiger partial charge in [-0.2, -0.15) is 0 Å². The number of hydrogen-bond acceptors (Lipinski definition) is 3. The molecule has 0 aliphatic heterocycles. The largest absolute Gasteiger partial charge is 0.490 e. The molecular weight excluding hydrogens is 238 g/mol. The zero-order valence-electron chi connectivity index (χ0n) is 9.19. The molecule has 0 saturated heterocycles. The van der Waals surface area contributed by atoms with E-state index in [1.54, 1.807) is 12.3 Å². The van der Waals surface area contributed by atoms with Gasteiger partial charge in [-0.05, 0) is 24.3 Å². The molecule has 1 atom stereocenters. The van der Waals surface area contributed by atoms with Gasteiger partial charge in [-0.1, -0.05) is 24.3 Å². The molecule has 4 heteroatoms. The molecule has 3 nitrogen and oxygen atoms in total. The van der Waals surface area contributed by atoms with Gasteiger partial charge in [-0.3, -0.25) is 4.98 Å². The number of aromatic nitrogens is 1. The van der Waals surface area contributed by atoms with Gasteiger partial charge in [0.2, 0.25) is 0 Å². The molecule has 0 bridgehead atoms. The van der Waals surface area contributed by atoms with E-state index < -0.39 is 6.10 Å². The molecule has 0 spiro atoms. The second kappa shape index (κ2) is 6.89. The molecule has 1 aromatic heterocycles. The normalized spacial score (nSPS) is 11.4. The van der Waals surface area contributed by atoms with E-state index in [-0.39, 0.29) is 19.0 Å². The van der Waals surface area contributed by atoms with Crippen molar-refractivity contribution in [1.82, 2.24) is 4.98 Å². The smallest absolute Gasteiger partial charge is 0.130 e. The van der Waals surface area contributed by atoms with Crippen LogP contribution in [0.25, 0.3) is 0 Å².